The maximum Gasteiger partial charge on any atom is 0.287 e. The second-order valence-corrected chi connectivity index (χ2v) is 5.98. The fraction of sp³-hybridized carbons (Fsp3) is 0.353. The standard InChI is InChI=1S/C17H18FN3O3/c1-11-7-15(21(22)23)8-19-17(11)20-9-12(2)24-16(10-20)13-3-5-14(18)6-4-13/h3-8,12,16H,9-10H2,1-2H3. The summed E-state index contributed by atoms with van der Waals surface area (Å²) < 4.78 is 19.1. The lowest BCUT2D eigenvalue weighted by atomic mass is 10.1. The van der Waals surface area contributed by atoms with Crippen LogP contribution in [0.2, 0.25) is 0 Å². The highest BCUT2D eigenvalue weighted by atomic mass is 19.1. The Kier molecular flexibility index (Phi) is 4.44. The van der Waals surface area contributed by atoms with Gasteiger partial charge in [-0.25, -0.2) is 9.37 Å². The first-order valence-electron chi connectivity index (χ1n) is 7.71. The Balaban J connectivity index is 1.85. The number of benzene rings is 1. The summed E-state index contributed by atoms with van der Waals surface area (Å²) in [6, 6.07) is 7.78. The van der Waals surface area contributed by atoms with E-state index in [1.807, 2.05) is 13.8 Å². The predicted octanol–water partition coefficient (Wildman–Crippen LogP) is 3.40. The quantitative estimate of drug-likeness (QED) is 0.637. The number of hydrogen-bond donors (Lipinski definition) is 0. The molecule has 0 N–H and O–H groups in total. The van der Waals surface area contributed by atoms with E-state index in [1.165, 1.54) is 24.4 Å². The van der Waals surface area contributed by atoms with E-state index in [9.17, 15) is 14.5 Å². The fourth-order valence-electron chi connectivity index (χ4n) is 2.97. The van der Waals surface area contributed by atoms with Crippen molar-refractivity contribution in [2.45, 2.75) is 26.1 Å². The molecule has 0 saturated carbocycles. The van der Waals surface area contributed by atoms with Gasteiger partial charge >= 0.3 is 0 Å². The number of nitrogens with zero attached hydrogens (tertiary/aromatic N) is 3. The minimum absolute atomic E-state index is 0.0207. The molecular weight excluding hydrogens is 313 g/mol. The van der Waals surface area contributed by atoms with E-state index in [1.54, 1.807) is 12.1 Å². The summed E-state index contributed by atoms with van der Waals surface area (Å²) in [5, 5.41) is 10.9. The summed E-state index contributed by atoms with van der Waals surface area (Å²) in [6.07, 6.45) is 1.03. The third kappa shape index (κ3) is 3.35. The van der Waals surface area contributed by atoms with Gasteiger partial charge < -0.3 is 9.64 Å². The minimum atomic E-state index is -0.451. The number of rotatable bonds is 3. The summed E-state index contributed by atoms with van der Waals surface area (Å²) in [6.45, 7) is 4.97. The van der Waals surface area contributed by atoms with Crippen molar-refractivity contribution in [3.8, 4) is 0 Å². The molecule has 1 aliphatic rings. The Hall–Kier alpha value is -2.54. The summed E-state index contributed by atoms with van der Waals surface area (Å²) in [7, 11) is 0. The van der Waals surface area contributed by atoms with E-state index in [2.05, 4.69) is 9.88 Å². The van der Waals surface area contributed by atoms with Crippen molar-refractivity contribution in [3.63, 3.8) is 0 Å². The number of aryl methyl sites for hydroxylation is 1. The molecule has 7 heteroatoms. The fourth-order valence-corrected chi connectivity index (χ4v) is 2.97. The molecule has 3 rings (SSSR count). The monoisotopic (exact) mass is 331 g/mol. The zero-order chi connectivity index (χ0) is 17.3. The zero-order valence-corrected chi connectivity index (χ0v) is 13.5. The second kappa shape index (κ2) is 6.52. The molecule has 0 bridgehead atoms. The van der Waals surface area contributed by atoms with Crippen molar-refractivity contribution in [2.24, 2.45) is 0 Å². The molecule has 0 amide bonds. The van der Waals surface area contributed by atoms with Crippen molar-refractivity contribution in [2.75, 3.05) is 18.0 Å². The Morgan fingerprint density at radius 2 is 2.04 bits per heavy atom. The van der Waals surface area contributed by atoms with Gasteiger partial charge in [0.15, 0.2) is 0 Å². The van der Waals surface area contributed by atoms with Crippen LogP contribution in [0.3, 0.4) is 0 Å². The molecule has 126 valence electrons. The van der Waals surface area contributed by atoms with E-state index < -0.39 is 4.92 Å². The van der Waals surface area contributed by atoms with Crippen LogP contribution in [0.15, 0.2) is 36.5 Å². The van der Waals surface area contributed by atoms with Crippen LogP contribution in [0.1, 0.15) is 24.2 Å². The minimum Gasteiger partial charge on any atom is -0.367 e. The van der Waals surface area contributed by atoms with Gasteiger partial charge in [-0.15, -0.1) is 0 Å². The molecule has 24 heavy (non-hydrogen) atoms. The Morgan fingerprint density at radius 3 is 2.67 bits per heavy atom. The molecule has 1 saturated heterocycles. The SMILES string of the molecule is Cc1cc([N+](=O)[O-])cnc1N1CC(C)OC(c2ccc(F)cc2)C1. The van der Waals surface area contributed by atoms with Gasteiger partial charge in [0.1, 0.15) is 23.9 Å². The van der Waals surface area contributed by atoms with Crippen molar-refractivity contribution in [1.82, 2.24) is 4.98 Å². The maximum absolute atomic E-state index is 13.1. The van der Waals surface area contributed by atoms with Crippen LogP contribution in [-0.4, -0.2) is 29.1 Å². The van der Waals surface area contributed by atoms with Crippen LogP contribution in [0, 0.1) is 22.9 Å². The van der Waals surface area contributed by atoms with Gasteiger partial charge in [0.25, 0.3) is 5.69 Å². The third-order valence-electron chi connectivity index (χ3n) is 4.05. The Labute approximate surface area is 139 Å². The average Bonchev–Trinajstić information content (AvgIpc) is 2.54. The van der Waals surface area contributed by atoms with E-state index in [-0.39, 0.29) is 23.7 Å². The van der Waals surface area contributed by atoms with E-state index in [0.717, 1.165) is 11.1 Å². The highest BCUT2D eigenvalue weighted by Gasteiger charge is 2.28. The molecule has 1 aromatic carbocycles. The molecule has 1 fully saturated rings. The van der Waals surface area contributed by atoms with Crippen molar-refractivity contribution >= 4 is 11.5 Å². The molecule has 0 radical (unpaired) electrons. The predicted molar refractivity (Wildman–Crippen MR) is 87.5 cm³/mol. The van der Waals surface area contributed by atoms with Crippen LogP contribution in [-0.2, 0) is 4.74 Å². The molecule has 0 spiro atoms. The molecule has 2 heterocycles. The number of aromatic nitrogens is 1. The number of hydrogen-bond acceptors (Lipinski definition) is 5. The van der Waals surface area contributed by atoms with Crippen molar-refractivity contribution in [1.29, 1.82) is 0 Å². The molecule has 0 aliphatic carbocycles. The topological polar surface area (TPSA) is 68.5 Å². The molecular formula is C17H18FN3O3. The van der Waals surface area contributed by atoms with E-state index in [0.29, 0.717) is 18.9 Å². The van der Waals surface area contributed by atoms with Crippen LogP contribution in [0.25, 0.3) is 0 Å². The zero-order valence-electron chi connectivity index (χ0n) is 13.5. The van der Waals surface area contributed by atoms with Crippen LogP contribution in [0.4, 0.5) is 15.9 Å². The molecule has 6 nitrogen and oxygen atoms in total. The van der Waals surface area contributed by atoms with Gasteiger partial charge in [-0.2, -0.15) is 0 Å². The molecule has 2 atom stereocenters. The number of ether oxygens (including phenoxy) is 1. The highest BCUT2D eigenvalue weighted by Crippen LogP contribution is 2.30. The Bertz CT molecular complexity index is 751. The Morgan fingerprint density at radius 1 is 1.33 bits per heavy atom. The first-order valence-corrected chi connectivity index (χ1v) is 7.71. The lowest BCUT2D eigenvalue weighted by Gasteiger charge is -2.38. The van der Waals surface area contributed by atoms with Crippen molar-refractivity contribution in [3.05, 3.63) is 63.6 Å². The molecule has 2 aromatic rings. The molecule has 2 unspecified atom stereocenters. The molecule has 1 aromatic heterocycles. The first kappa shape index (κ1) is 16.3. The normalized spacial score (nSPS) is 20.9. The van der Waals surface area contributed by atoms with Gasteiger partial charge in [0.2, 0.25) is 0 Å². The first-order chi connectivity index (χ1) is 11.4. The van der Waals surface area contributed by atoms with Gasteiger partial charge in [-0.3, -0.25) is 10.1 Å². The van der Waals surface area contributed by atoms with Gasteiger partial charge in [0.05, 0.1) is 11.0 Å². The summed E-state index contributed by atoms with van der Waals surface area (Å²) >= 11 is 0. The van der Waals surface area contributed by atoms with Crippen LogP contribution >= 0.6 is 0 Å². The van der Waals surface area contributed by atoms with E-state index in [4.69, 9.17) is 4.74 Å². The largest absolute Gasteiger partial charge is 0.367 e. The average molecular weight is 331 g/mol. The number of halogens is 1. The number of anilines is 1. The van der Waals surface area contributed by atoms with Gasteiger partial charge in [0, 0.05) is 19.2 Å². The molecule has 1 aliphatic heterocycles. The van der Waals surface area contributed by atoms with Crippen LogP contribution in [0.5, 0.6) is 0 Å². The number of morpholine rings is 1. The van der Waals surface area contributed by atoms with Gasteiger partial charge in [-0.05, 0) is 37.1 Å². The van der Waals surface area contributed by atoms with E-state index >= 15 is 0 Å². The van der Waals surface area contributed by atoms with Crippen molar-refractivity contribution < 1.29 is 14.1 Å². The smallest absolute Gasteiger partial charge is 0.287 e. The highest BCUT2D eigenvalue weighted by molar-refractivity contribution is 5.51. The van der Waals surface area contributed by atoms with Crippen LogP contribution < -0.4 is 4.90 Å². The second-order valence-electron chi connectivity index (χ2n) is 5.98. The maximum atomic E-state index is 13.1. The lowest BCUT2D eigenvalue weighted by Crippen LogP contribution is -2.43. The summed E-state index contributed by atoms with van der Waals surface area (Å²) in [4.78, 5) is 16.7. The van der Waals surface area contributed by atoms with Gasteiger partial charge in [-0.1, -0.05) is 12.1 Å². The lowest BCUT2D eigenvalue weighted by molar-refractivity contribution is -0.385. The third-order valence-corrected chi connectivity index (χ3v) is 4.05. The summed E-state index contributed by atoms with van der Waals surface area (Å²) in [5.41, 5.74) is 1.62. The summed E-state index contributed by atoms with van der Waals surface area (Å²) in [5.74, 6) is 0.426. The number of pyridine rings is 1. The number of nitro groups is 1.